The lowest BCUT2D eigenvalue weighted by molar-refractivity contribution is 0.270. The fourth-order valence-electron chi connectivity index (χ4n) is 7.45. The first-order chi connectivity index (χ1) is 23.8. The molecule has 10 rings (SSSR count). The van der Waals surface area contributed by atoms with E-state index in [1.165, 1.54) is 42.9 Å². The van der Waals surface area contributed by atoms with E-state index < -0.39 is 0 Å². The Morgan fingerprint density at radius 3 is 1.94 bits per heavy atom. The van der Waals surface area contributed by atoms with E-state index in [0.29, 0.717) is 0 Å². The van der Waals surface area contributed by atoms with E-state index in [0.717, 1.165) is 39.7 Å². The second kappa shape index (κ2) is 10.9. The molecule has 4 heteroatoms. The molecule has 0 spiro atoms. The molecule has 8 aromatic rings. The molecule has 2 unspecified atom stereocenters. The normalized spacial score (nSPS) is 16.5. The lowest BCUT2D eigenvalue weighted by atomic mass is 9.85. The summed E-state index contributed by atoms with van der Waals surface area (Å²) in [4.78, 5) is 2.33. The number of furan rings is 1. The fraction of sp³-hybridized carbons (Fsp3) is 0.0455. The summed E-state index contributed by atoms with van der Waals surface area (Å²) < 4.78 is 14.2. The SMILES string of the molecule is C1=CC2c3c(c4ccccc4c4ccccc34)OC2C=C1N(c1ccc(-c2ccccc2)cc1)c1ccc(-c2cc3sccc3o2)cc1. The summed E-state index contributed by atoms with van der Waals surface area (Å²) >= 11 is 1.70. The molecule has 0 saturated carbocycles. The van der Waals surface area contributed by atoms with E-state index in [2.05, 4.69) is 162 Å². The van der Waals surface area contributed by atoms with Crippen LogP contribution in [0.25, 0.3) is 54.3 Å². The summed E-state index contributed by atoms with van der Waals surface area (Å²) in [6.45, 7) is 0. The van der Waals surface area contributed by atoms with Crippen LogP contribution in [0.2, 0.25) is 0 Å². The van der Waals surface area contributed by atoms with Crippen molar-refractivity contribution in [2.24, 2.45) is 0 Å². The first-order valence-corrected chi connectivity index (χ1v) is 17.2. The number of benzene rings is 6. The van der Waals surface area contributed by atoms with Crippen LogP contribution in [-0.2, 0) is 0 Å². The van der Waals surface area contributed by atoms with Gasteiger partial charge in [-0.1, -0.05) is 97.1 Å². The average molecular weight is 636 g/mol. The van der Waals surface area contributed by atoms with Crippen molar-refractivity contribution >= 4 is 54.5 Å². The maximum Gasteiger partial charge on any atom is 0.145 e. The van der Waals surface area contributed by atoms with Crippen molar-refractivity contribution in [2.45, 2.75) is 12.0 Å². The topological polar surface area (TPSA) is 25.6 Å². The highest BCUT2D eigenvalue weighted by Crippen LogP contribution is 2.51. The Morgan fingerprint density at radius 2 is 1.21 bits per heavy atom. The first-order valence-electron chi connectivity index (χ1n) is 16.3. The van der Waals surface area contributed by atoms with Crippen LogP contribution in [0.3, 0.4) is 0 Å². The van der Waals surface area contributed by atoms with Gasteiger partial charge in [-0.25, -0.2) is 0 Å². The minimum absolute atomic E-state index is 0.115. The van der Waals surface area contributed by atoms with E-state index in [1.54, 1.807) is 11.3 Å². The molecule has 2 atom stereocenters. The average Bonchev–Trinajstić information content (AvgIpc) is 3.87. The fourth-order valence-corrected chi connectivity index (χ4v) is 8.19. The number of rotatable bonds is 5. The predicted molar refractivity (Wildman–Crippen MR) is 199 cm³/mol. The molecule has 0 amide bonds. The van der Waals surface area contributed by atoms with Gasteiger partial charge in [-0.05, 0) is 87.3 Å². The van der Waals surface area contributed by atoms with Crippen molar-refractivity contribution < 1.29 is 9.15 Å². The summed E-state index contributed by atoms with van der Waals surface area (Å²) in [5.74, 6) is 2.03. The van der Waals surface area contributed by atoms with Crippen LogP contribution in [0.5, 0.6) is 5.75 Å². The summed E-state index contributed by atoms with van der Waals surface area (Å²) in [7, 11) is 0. The van der Waals surface area contributed by atoms with Gasteiger partial charge >= 0.3 is 0 Å². The lowest BCUT2D eigenvalue weighted by Crippen LogP contribution is -2.24. The summed E-state index contributed by atoms with van der Waals surface area (Å²) in [6.07, 6.45) is 6.79. The minimum atomic E-state index is -0.115. The molecule has 1 aliphatic carbocycles. The van der Waals surface area contributed by atoms with Crippen molar-refractivity contribution in [1.29, 1.82) is 0 Å². The van der Waals surface area contributed by atoms with Crippen molar-refractivity contribution in [3.63, 3.8) is 0 Å². The molecular formula is C44H29NO2S. The Kier molecular flexibility index (Phi) is 6.18. The number of thiophene rings is 1. The zero-order valence-electron chi connectivity index (χ0n) is 25.9. The quantitative estimate of drug-likeness (QED) is 0.176. The van der Waals surface area contributed by atoms with Gasteiger partial charge in [-0.15, -0.1) is 11.3 Å². The molecule has 3 heterocycles. The molecule has 48 heavy (non-hydrogen) atoms. The van der Waals surface area contributed by atoms with Gasteiger partial charge in [0.05, 0.1) is 4.70 Å². The highest BCUT2D eigenvalue weighted by molar-refractivity contribution is 7.17. The van der Waals surface area contributed by atoms with Gasteiger partial charge in [0.15, 0.2) is 0 Å². The molecule has 0 fully saturated rings. The third-order valence-corrected chi connectivity index (χ3v) is 10.6. The Hall–Kier alpha value is -5.84. The number of nitrogens with zero attached hydrogens (tertiary/aromatic N) is 1. The van der Waals surface area contributed by atoms with E-state index >= 15 is 0 Å². The van der Waals surface area contributed by atoms with Gasteiger partial charge < -0.3 is 14.1 Å². The molecule has 1 aliphatic heterocycles. The van der Waals surface area contributed by atoms with Gasteiger partial charge in [0.1, 0.15) is 23.2 Å². The van der Waals surface area contributed by atoms with Gasteiger partial charge in [0, 0.05) is 45.6 Å². The van der Waals surface area contributed by atoms with Crippen LogP contribution in [-0.4, -0.2) is 6.10 Å². The zero-order valence-corrected chi connectivity index (χ0v) is 26.7. The molecular weight excluding hydrogens is 607 g/mol. The number of allylic oxidation sites excluding steroid dienone is 1. The summed E-state index contributed by atoms with van der Waals surface area (Å²) in [5.41, 5.74) is 8.90. The number of hydrogen-bond donors (Lipinski definition) is 0. The lowest BCUT2D eigenvalue weighted by Gasteiger charge is -2.30. The Balaban J connectivity index is 1.06. The molecule has 0 radical (unpaired) electrons. The van der Waals surface area contributed by atoms with E-state index in [1.807, 2.05) is 6.07 Å². The van der Waals surface area contributed by atoms with Crippen molar-refractivity contribution in [1.82, 2.24) is 0 Å². The smallest absolute Gasteiger partial charge is 0.145 e. The maximum atomic E-state index is 6.89. The maximum absolute atomic E-state index is 6.89. The monoisotopic (exact) mass is 635 g/mol. The summed E-state index contributed by atoms with van der Waals surface area (Å²) in [6, 6.07) is 49.5. The molecule has 0 bridgehead atoms. The molecule has 2 aromatic heterocycles. The first kappa shape index (κ1) is 27.3. The second-order valence-corrected chi connectivity index (χ2v) is 13.4. The van der Waals surface area contributed by atoms with Gasteiger partial charge in [-0.3, -0.25) is 0 Å². The van der Waals surface area contributed by atoms with Crippen molar-refractivity contribution in [3.8, 4) is 28.2 Å². The highest BCUT2D eigenvalue weighted by atomic mass is 32.1. The minimum Gasteiger partial charge on any atom is -0.484 e. The van der Waals surface area contributed by atoms with E-state index in [9.17, 15) is 0 Å². The van der Waals surface area contributed by atoms with Crippen LogP contribution in [0.15, 0.2) is 173 Å². The van der Waals surface area contributed by atoms with Gasteiger partial charge in [0.25, 0.3) is 0 Å². The molecule has 0 N–H and O–H groups in total. The van der Waals surface area contributed by atoms with Gasteiger partial charge in [-0.2, -0.15) is 0 Å². The molecule has 0 saturated heterocycles. The number of fused-ring (bicyclic) bond motifs is 9. The predicted octanol–water partition coefficient (Wildman–Crippen LogP) is 12.3. The highest BCUT2D eigenvalue weighted by Gasteiger charge is 2.37. The van der Waals surface area contributed by atoms with Crippen LogP contribution in [0.4, 0.5) is 11.4 Å². The zero-order chi connectivity index (χ0) is 31.6. The number of anilines is 2. The largest absolute Gasteiger partial charge is 0.484 e. The Labute approximate surface area is 282 Å². The summed E-state index contributed by atoms with van der Waals surface area (Å²) in [5, 5.41) is 7.01. The second-order valence-electron chi connectivity index (χ2n) is 12.4. The van der Waals surface area contributed by atoms with E-state index in [4.69, 9.17) is 9.15 Å². The molecule has 3 nitrogen and oxygen atoms in total. The third kappa shape index (κ3) is 4.34. The standard InChI is InChI=1S/C44H29NO2S/c1-2-8-28(9-3-1)29-14-18-31(19-15-29)45(32-20-16-30(17-21-32)40-27-42-39(46-40)24-25-48-42)33-22-23-38-41(26-33)47-44-37-13-7-5-11-35(37)34-10-4-6-12-36(34)43(38)44/h1-27,38,41H. The molecule has 2 aliphatic rings. The van der Waals surface area contributed by atoms with Crippen LogP contribution < -0.4 is 9.64 Å². The molecule has 228 valence electrons. The number of ether oxygens (including phenoxy) is 1. The van der Waals surface area contributed by atoms with E-state index in [-0.39, 0.29) is 12.0 Å². The Bertz CT molecular complexity index is 2510. The van der Waals surface area contributed by atoms with Crippen LogP contribution >= 0.6 is 11.3 Å². The van der Waals surface area contributed by atoms with Gasteiger partial charge in [0.2, 0.25) is 0 Å². The molecule has 6 aromatic carbocycles. The van der Waals surface area contributed by atoms with Crippen molar-refractivity contribution in [2.75, 3.05) is 4.90 Å². The van der Waals surface area contributed by atoms with Crippen LogP contribution in [0.1, 0.15) is 11.5 Å². The third-order valence-electron chi connectivity index (χ3n) is 9.71. The van der Waals surface area contributed by atoms with Crippen LogP contribution in [0, 0.1) is 0 Å². The number of hydrogen-bond acceptors (Lipinski definition) is 4. The Morgan fingerprint density at radius 1 is 0.583 bits per heavy atom. The van der Waals surface area contributed by atoms with Crippen molar-refractivity contribution in [3.05, 3.63) is 174 Å².